The van der Waals surface area contributed by atoms with Crippen LogP contribution in [0, 0.1) is 0 Å². The zero-order chi connectivity index (χ0) is 25.0. The highest BCUT2D eigenvalue weighted by molar-refractivity contribution is 5.96. The van der Waals surface area contributed by atoms with Gasteiger partial charge in [0.1, 0.15) is 6.61 Å². The second-order valence-electron chi connectivity index (χ2n) is 10.1. The van der Waals surface area contributed by atoms with Gasteiger partial charge in [0, 0.05) is 12.0 Å². The Hall–Kier alpha value is -2.92. The van der Waals surface area contributed by atoms with Crippen molar-refractivity contribution in [2.24, 2.45) is 0 Å². The van der Waals surface area contributed by atoms with E-state index < -0.39 is 24.1 Å². The average Bonchev–Trinajstić information content (AvgIpc) is 3.12. The van der Waals surface area contributed by atoms with Gasteiger partial charge in [-0.15, -0.1) is 0 Å². The van der Waals surface area contributed by atoms with Crippen molar-refractivity contribution in [3.8, 4) is 0 Å². The Bertz CT molecular complexity index is 1040. The molecule has 0 spiro atoms. The van der Waals surface area contributed by atoms with Crippen LogP contribution in [-0.2, 0) is 14.3 Å². The standard InChI is InChI=1S/C29H36O5/c1-18(2)22-13-24(19(3)4)26(25(14-22)20(5)6)28(32)33-17-29(16-30)15-23(27(31)34-29)12-21-10-8-7-9-11-21/h7-14,18-20,30H,15-17H2,1-6H3/b23-12+. The number of hydrogen-bond acceptors (Lipinski definition) is 5. The Morgan fingerprint density at radius 2 is 1.62 bits per heavy atom. The van der Waals surface area contributed by atoms with Gasteiger partial charge in [0.2, 0.25) is 0 Å². The highest BCUT2D eigenvalue weighted by Gasteiger charge is 2.45. The Balaban J connectivity index is 1.87. The summed E-state index contributed by atoms with van der Waals surface area (Å²) in [6.45, 7) is 11.9. The van der Waals surface area contributed by atoms with Crippen LogP contribution in [0.2, 0.25) is 0 Å². The summed E-state index contributed by atoms with van der Waals surface area (Å²) in [7, 11) is 0. The molecular formula is C29H36O5. The highest BCUT2D eigenvalue weighted by Crippen LogP contribution is 2.35. The summed E-state index contributed by atoms with van der Waals surface area (Å²) in [5, 5.41) is 10.1. The molecule has 0 aliphatic carbocycles. The van der Waals surface area contributed by atoms with Crippen LogP contribution in [0.15, 0.2) is 48.0 Å². The third-order valence-electron chi connectivity index (χ3n) is 6.32. The Morgan fingerprint density at radius 1 is 1.03 bits per heavy atom. The number of benzene rings is 2. The van der Waals surface area contributed by atoms with Crippen LogP contribution in [0.3, 0.4) is 0 Å². The Kier molecular flexibility index (Phi) is 7.98. The molecule has 0 amide bonds. The van der Waals surface area contributed by atoms with Crippen LogP contribution in [0.25, 0.3) is 6.08 Å². The molecule has 1 saturated heterocycles. The number of cyclic esters (lactones) is 1. The van der Waals surface area contributed by atoms with E-state index in [1.165, 1.54) is 5.56 Å². The molecule has 1 N–H and O–H groups in total. The summed E-state index contributed by atoms with van der Waals surface area (Å²) in [6.07, 6.45) is 1.92. The number of aliphatic hydroxyl groups is 1. The second-order valence-corrected chi connectivity index (χ2v) is 10.1. The van der Waals surface area contributed by atoms with E-state index in [9.17, 15) is 14.7 Å². The maximum Gasteiger partial charge on any atom is 0.338 e. The lowest BCUT2D eigenvalue weighted by molar-refractivity contribution is -0.154. The van der Waals surface area contributed by atoms with E-state index in [2.05, 4.69) is 53.7 Å². The molecule has 1 unspecified atom stereocenters. The van der Waals surface area contributed by atoms with Gasteiger partial charge < -0.3 is 14.6 Å². The van der Waals surface area contributed by atoms with Gasteiger partial charge in [-0.05, 0) is 46.1 Å². The number of carbonyl (C=O) groups excluding carboxylic acids is 2. The van der Waals surface area contributed by atoms with E-state index in [4.69, 9.17) is 9.47 Å². The van der Waals surface area contributed by atoms with Crippen molar-refractivity contribution in [3.63, 3.8) is 0 Å². The molecule has 3 rings (SSSR count). The summed E-state index contributed by atoms with van der Waals surface area (Å²) in [6, 6.07) is 13.6. The van der Waals surface area contributed by atoms with E-state index in [1.807, 2.05) is 30.3 Å². The lowest BCUT2D eigenvalue weighted by atomic mass is 9.84. The van der Waals surface area contributed by atoms with Gasteiger partial charge in [-0.3, -0.25) is 0 Å². The van der Waals surface area contributed by atoms with E-state index >= 15 is 0 Å². The van der Waals surface area contributed by atoms with Crippen molar-refractivity contribution < 1.29 is 24.2 Å². The van der Waals surface area contributed by atoms with Crippen LogP contribution in [-0.4, -0.2) is 35.9 Å². The SMILES string of the molecule is CC(C)c1cc(C(C)C)c(C(=O)OCC2(CO)C/C(=C\c3ccccc3)C(=O)O2)c(C(C)C)c1. The first-order valence-electron chi connectivity index (χ1n) is 12.0. The fraction of sp³-hybridized carbons (Fsp3) is 0.448. The molecular weight excluding hydrogens is 428 g/mol. The molecule has 34 heavy (non-hydrogen) atoms. The maximum absolute atomic E-state index is 13.4. The highest BCUT2D eigenvalue weighted by atomic mass is 16.6. The summed E-state index contributed by atoms with van der Waals surface area (Å²) in [5.41, 5.74) is 3.71. The summed E-state index contributed by atoms with van der Waals surface area (Å²) in [5.74, 6) is -0.343. The van der Waals surface area contributed by atoms with Gasteiger partial charge in [-0.2, -0.15) is 0 Å². The van der Waals surface area contributed by atoms with Gasteiger partial charge in [-0.1, -0.05) is 84.0 Å². The predicted octanol–water partition coefficient (Wildman–Crippen LogP) is 5.98. The third-order valence-corrected chi connectivity index (χ3v) is 6.32. The molecule has 1 fully saturated rings. The minimum atomic E-state index is -1.28. The smallest absolute Gasteiger partial charge is 0.338 e. The van der Waals surface area contributed by atoms with Gasteiger partial charge in [-0.25, -0.2) is 9.59 Å². The van der Waals surface area contributed by atoms with Crippen molar-refractivity contribution in [1.82, 2.24) is 0 Å². The van der Waals surface area contributed by atoms with Crippen LogP contribution in [0.1, 0.15) is 98.3 Å². The molecule has 0 bridgehead atoms. The van der Waals surface area contributed by atoms with Crippen molar-refractivity contribution >= 4 is 18.0 Å². The average molecular weight is 465 g/mol. The van der Waals surface area contributed by atoms with Crippen molar-refractivity contribution in [2.45, 2.75) is 71.3 Å². The molecule has 182 valence electrons. The monoisotopic (exact) mass is 464 g/mol. The zero-order valence-electron chi connectivity index (χ0n) is 21.1. The molecule has 2 aromatic rings. The van der Waals surface area contributed by atoms with E-state index in [-0.39, 0.29) is 24.9 Å². The molecule has 1 heterocycles. The van der Waals surface area contributed by atoms with Crippen molar-refractivity contribution in [2.75, 3.05) is 13.2 Å². The van der Waals surface area contributed by atoms with E-state index in [1.54, 1.807) is 6.08 Å². The minimum Gasteiger partial charge on any atom is -0.458 e. The number of carbonyl (C=O) groups is 2. The normalized spacial score (nSPS) is 19.4. The van der Waals surface area contributed by atoms with Gasteiger partial charge >= 0.3 is 11.9 Å². The van der Waals surface area contributed by atoms with Crippen molar-refractivity contribution in [3.05, 3.63) is 75.9 Å². The summed E-state index contributed by atoms with van der Waals surface area (Å²) in [4.78, 5) is 25.9. The fourth-order valence-electron chi connectivity index (χ4n) is 4.25. The van der Waals surface area contributed by atoms with Gasteiger partial charge in [0.15, 0.2) is 5.60 Å². The molecule has 2 aromatic carbocycles. The Morgan fingerprint density at radius 3 is 2.12 bits per heavy atom. The first-order chi connectivity index (χ1) is 16.1. The van der Waals surface area contributed by atoms with Crippen LogP contribution >= 0.6 is 0 Å². The minimum absolute atomic E-state index is 0.135. The number of aliphatic hydroxyl groups excluding tert-OH is 1. The number of rotatable bonds is 8. The van der Waals surface area contributed by atoms with E-state index in [0.717, 1.165) is 16.7 Å². The molecule has 5 nitrogen and oxygen atoms in total. The molecule has 0 radical (unpaired) electrons. The Labute approximate surface area is 202 Å². The summed E-state index contributed by atoms with van der Waals surface area (Å²) < 4.78 is 11.3. The van der Waals surface area contributed by atoms with Crippen LogP contribution < -0.4 is 0 Å². The quantitative estimate of drug-likeness (QED) is 0.385. The second kappa shape index (κ2) is 10.6. The predicted molar refractivity (Wildman–Crippen MR) is 134 cm³/mol. The number of hydrogen-bond donors (Lipinski definition) is 1. The van der Waals surface area contributed by atoms with Gasteiger partial charge in [0.05, 0.1) is 12.2 Å². The molecule has 0 aromatic heterocycles. The molecule has 0 saturated carbocycles. The third kappa shape index (κ3) is 5.58. The largest absolute Gasteiger partial charge is 0.458 e. The molecule has 1 atom stereocenters. The van der Waals surface area contributed by atoms with Crippen LogP contribution in [0.4, 0.5) is 0 Å². The topological polar surface area (TPSA) is 72.8 Å². The van der Waals surface area contributed by atoms with E-state index in [0.29, 0.717) is 17.1 Å². The number of esters is 2. The first kappa shape index (κ1) is 25.7. The zero-order valence-corrected chi connectivity index (χ0v) is 21.1. The number of ether oxygens (including phenoxy) is 2. The summed E-state index contributed by atoms with van der Waals surface area (Å²) >= 11 is 0. The molecule has 1 aliphatic rings. The lowest BCUT2D eigenvalue weighted by Gasteiger charge is -2.26. The molecule has 1 aliphatic heterocycles. The van der Waals surface area contributed by atoms with Gasteiger partial charge in [0.25, 0.3) is 0 Å². The van der Waals surface area contributed by atoms with Crippen molar-refractivity contribution in [1.29, 1.82) is 0 Å². The first-order valence-corrected chi connectivity index (χ1v) is 12.0. The van der Waals surface area contributed by atoms with Crippen LogP contribution in [0.5, 0.6) is 0 Å². The molecule has 5 heteroatoms. The maximum atomic E-state index is 13.4. The lowest BCUT2D eigenvalue weighted by Crippen LogP contribution is -2.39. The fourth-order valence-corrected chi connectivity index (χ4v) is 4.25.